The molecular formula is C46H48N8O7. The smallest absolute Gasteiger partial charge is 0.407 e. The summed E-state index contributed by atoms with van der Waals surface area (Å²) >= 11 is 0. The first kappa shape index (κ1) is 39.6. The zero-order valence-electron chi connectivity index (χ0n) is 34.5. The number of carbonyl (C=O) groups is 4. The molecule has 4 atom stereocenters. The lowest BCUT2D eigenvalue weighted by atomic mass is 9.92. The Hall–Kier alpha value is -6.90. The molecule has 2 saturated heterocycles. The molecule has 4 amide bonds. The number of benzene rings is 4. The van der Waals surface area contributed by atoms with Crippen molar-refractivity contribution < 1.29 is 33.4 Å². The molecule has 4 aromatic carbocycles. The predicted octanol–water partition coefficient (Wildman–Crippen LogP) is 7.47. The van der Waals surface area contributed by atoms with Crippen LogP contribution < -0.4 is 15.4 Å². The first-order chi connectivity index (χ1) is 29.6. The van der Waals surface area contributed by atoms with E-state index in [1.54, 1.807) is 11.1 Å². The molecule has 2 fully saturated rings. The van der Waals surface area contributed by atoms with E-state index in [0.29, 0.717) is 36.9 Å². The largest absolute Gasteiger partial charge is 0.488 e. The maximum atomic E-state index is 14.0. The van der Waals surface area contributed by atoms with E-state index in [1.165, 1.54) is 14.2 Å². The number of nitrogens with one attached hydrogen (secondary N) is 4. The average Bonchev–Trinajstić information content (AvgIpc) is 4.13. The fourth-order valence-corrected chi connectivity index (χ4v) is 9.12. The summed E-state index contributed by atoms with van der Waals surface area (Å²) in [5.74, 6) is 1.70. The molecule has 0 aliphatic carbocycles. The van der Waals surface area contributed by atoms with Crippen molar-refractivity contribution in [2.45, 2.75) is 70.3 Å². The van der Waals surface area contributed by atoms with Gasteiger partial charge in [-0.3, -0.25) is 9.59 Å². The standard InChI is InChI=1S/C46H48N8O7/c1-25(2)37(51-45(57)59-3)43(55)54-21-9-13-36(54)42-48-33-19-18-32-30(39(33)50-42)16-17-31-29-15-14-27(22-28(29)24-61-40(31)32)34-23-47-41(49-34)35-12-8-20-53(35)44(56)38(52-46(58)60-4)26-10-6-5-7-11-26/h5-7,10-11,14-19,22-23,25,35-38H,8-9,12-13,20-21,24H2,1-4H3,(H,47,49)(H,48,50)(H,51,57)(H,52,58)/t35-,36-,37?,38+/m0/s1. The van der Waals surface area contributed by atoms with Gasteiger partial charge in [0.1, 0.15) is 36.1 Å². The summed E-state index contributed by atoms with van der Waals surface area (Å²) in [5, 5.41) is 7.33. The van der Waals surface area contributed by atoms with Crippen LogP contribution in [0.1, 0.15) is 80.4 Å². The molecule has 6 aromatic rings. The fourth-order valence-electron chi connectivity index (χ4n) is 9.12. The van der Waals surface area contributed by atoms with Crippen LogP contribution in [0.5, 0.6) is 5.75 Å². The van der Waals surface area contributed by atoms with E-state index in [2.05, 4.69) is 57.0 Å². The molecule has 4 N–H and O–H groups in total. The minimum absolute atomic E-state index is 0.126. The molecule has 0 saturated carbocycles. The highest BCUT2D eigenvalue weighted by Crippen LogP contribution is 2.45. The van der Waals surface area contributed by atoms with Gasteiger partial charge in [0.05, 0.1) is 49.2 Å². The normalized spacial score (nSPS) is 18.0. The summed E-state index contributed by atoms with van der Waals surface area (Å²) in [6, 6.07) is 21.6. The molecule has 15 heteroatoms. The second-order valence-corrected chi connectivity index (χ2v) is 16.2. The molecule has 15 nitrogen and oxygen atoms in total. The van der Waals surface area contributed by atoms with Crippen molar-refractivity contribution in [3.63, 3.8) is 0 Å². The van der Waals surface area contributed by atoms with E-state index in [0.717, 1.165) is 81.2 Å². The fraction of sp³-hybridized carbons (Fsp3) is 0.348. The van der Waals surface area contributed by atoms with Gasteiger partial charge in [-0.25, -0.2) is 19.6 Å². The first-order valence-electron chi connectivity index (χ1n) is 20.7. The van der Waals surface area contributed by atoms with E-state index in [4.69, 9.17) is 24.2 Å². The molecule has 61 heavy (non-hydrogen) atoms. The number of carbonyl (C=O) groups excluding carboxylic acids is 4. The van der Waals surface area contributed by atoms with E-state index in [-0.39, 0.29) is 29.8 Å². The van der Waals surface area contributed by atoms with Crippen LogP contribution in [0.25, 0.3) is 44.2 Å². The van der Waals surface area contributed by atoms with Gasteiger partial charge in [-0.05, 0) is 78.1 Å². The maximum absolute atomic E-state index is 14.0. The topological polar surface area (TPSA) is 184 Å². The number of alkyl carbamates (subject to hydrolysis) is 2. The Morgan fingerprint density at radius 1 is 0.787 bits per heavy atom. The Morgan fingerprint density at radius 3 is 2.21 bits per heavy atom. The van der Waals surface area contributed by atoms with E-state index >= 15 is 0 Å². The van der Waals surface area contributed by atoms with Crippen LogP contribution in [-0.2, 0) is 25.7 Å². The van der Waals surface area contributed by atoms with Crippen LogP contribution in [0.15, 0.2) is 79.0 Å². The molecule has 3 aliphatic rings. The van der Waals surface area contributed by atoms with Crippen molar-refractivity contribution in [1.82, 2.24) is 40.4 Å². The number of nitrogens with zero attached hydrogens (tertiary/aromatic N) is 4. The Morgan fingerprint density at radius 2 is 1.48 bits per heavy atom. The average molecular weight is 825 g/mol. The van der Waals surface area contributed by atoms with Crippen molar-refractivity contribution in [2.24, 2.45) is 5.92 Å². The number of fused-ring (bicyclic) bond motifs is 7. The molecule has 9 rings (SSSR count). The van der Waals surface area contributed by atoms with Crippen molar-refractivity contribution in [3.8, 4) is 28.1 Å². The highest BCUT2D eigenvalue weighted by atomic mass is 16.5. The van der Waals surface area contributed by atoms with Gasteiger partial charge in [0.2, 0.25) is 5.91 Å². The Balaban J connectivity index is 0.954. The second-order valence-electron chi connectivity index (χ2n) is 16.2. The Bertz CT molecular complexity index is 2660. The number of hydrogen-bond acceptors (Lipinski definition) is 9. The third-order valence-corrected chi connectivity index (χ3v) is 12.2. The van der Waals surface area contributed by atoms with Gasteiger partial charge >= 0.3 is 12.2 Å². The summed E-state index contributed by atoms with van der Waals surface area (Å²) < 4.78 is 16.2. The highest BCUT2D eigenvalue weighted by Gasteiger charge is 2.39. The van der Waals surface area contributed by atoms with Crippen LogP contribution in [0, 0.1) is 5.92 Å². The van der Waals surface area contributed by atoms with Crippen molar-refractivity contribution in [1.29, 1.82) is 0 Å². The van der Waals surface area contributed by atoms with Crippen molar-refractivity contribution in [2.75, 3.05) is 27.3 Å². The lowest BCUT2D eigenvalue weighted by molar-refractivity contribution is -0.135. The number of likely N-dealkylation sites (tertiary alicyclic amines) is 2. The Labute approximate surface area is 352 Å². The summed E-state index contributed by atoms with van der Waals surface area (Å²) in [4.78, 5) is 72.5. The quantitative estimate of drug-likeness (QED) is 0.115. The van der Waals surface area contributed by atoms with Gasteiger partial charge < -0.3 is 44.6 Å². The van der Waals surface area contributed by atoms with Gasteiger partial charge in [-0.2, -0.15) is 0 Å². The molecule has 3 aliphatic heterocycles. The summed E-state index contributed by atoms with van der Waals surface area (Å²) in [7, 11) is 2.57. The molecule has 5 heterocycles. The number of aromatic amines is 2. The third-order valence-electron chi connectivity index (χ3n) is 12.2. The summed E-state index contributed by atoms with van der Waals surface area (Å²) in [6.45, 7) is 5.29. The number of H-pyrrole nitrogens is 2. The Kier molecular flexibility index (Phi) is 10.6. The van der Waals surface area contributed by atoms with Gasteiger partial charge in [0.15, 0.2) is 0 Å². The second kappa shape index (κ2) is 16.3. The van der Waals surface area contributed by atoms with E-state index in [1.807, 2.05) is 55.1 Å². The SMILES string of the molecule is COC(=O)NC(C(=O)N1CCC[C@H]1c1nc2c(ccc3c4c(ccc32)-c2ccc(-c3cnc([C@@H]5CCCN5C(=O)[C@H](NC(=O)OC)c5ccccc5)[nH]3)cc2CO4)[nH]1)C(C)C. The first-order valence-corrected chi connectivity index (χ1v) is 20.7. The van der Waals surface area contributed by atoms with Crippen LogP contribution in [0.4, 0.5) is 9.59 Å². The molecular weight excluding hydrogens is 777 g/mol. The molecule has 0 bridgehead atoms. The molecule has 2 aromatic heterocycles. The van der Waals surface area contributed by atoms with Gasteiger partial charge in [0.25, 0.3) is 5.91 Å². The van der Waals surface area contributed by atoms with E-state index in [9.17, 15) is 19.2 Å². The number of ether oxygens (including phenoxy) is 3. The highest BCUT2D eigenvalue weighted by molar-refractivity contribution is 6.09. The lowest BCUT2D eigenvalue weighted by Gasteiger charge is -2.29. The molecule has 0 spiro atoms. The van der Waals surface area contributed by atoms with Crippen LogP contribution in [0.2, 0.25) is 0 Å². The van der Waals surface area contributed by atoms with Crippen LogP contribution in [0.3, 0.4) is 0 Å². The van der Waals surface area contributed by atoms with E-state index < -0.39 is 24.3 Å². The maximum Gasteiger partial charge on any atom is 0.407 e. The zero-order chi connectivity index (χ0) is 42.4. The monoisotopic (exact) mass is 824 g/mol. The number of imidazole rings is 2. The molecule has 0 radical (unpaired) electrons. The van der Waals surface area contributed by atoms with Crippen LogP contribution in [-0.4, -0.2) is 87.1 Å². The molecule has 1 unspecified atom stereocenters. The van der Waals surface area contributed by atoms with Gasteiger partial charge in [0, 0.05) is 29.4 Å². The van der Waals surface area contributed by atoms with Gasteiger partial charge in [-0.1, -0.05) is 62.4 Å². The van der Waals surface area contributed by atoms with Gasteiger partial charge in [-0.15, -0.1) is 0 Å². The number of methoxy groups -OCH3 is 2. The van der Waals surface area contributed by atoms with Crippen molar-refractivity contribution >= 4 is 45.8 Å². The predicted molar refractivity (Wildman–Crippen MR) is 227 cm³/mol. The minimum atomic E-state index is -0.894. The third kappa shape index (κ3) is 7.27. The van der Waals surface area contributed by atoms with Crippen LogP contribution >= 0.6 is 0 Å². The van der Waals surface area contributed by atoms with Crippen molar-refractivity contribution in [3.05, 3.63) is 102 Å². The number of amides is 4. The number of rotatable bonds is 9. The number of aromatic nitrogens is 4. The summed E-state index contributed by atoms with van der Waals surface area (Å²) in [5.41, 5.74) is 7.22. The summed E-state index contributed by atoms with van der Waals surface area (Å²) in [6.07, 6.45) is 3.62. The zero-order valence-corrected chi connectivity index (χ0v) is 34.5. The number of hydrogen-bond donors (Lipinski definition) is 4. The molecule has 314 valence electrons. The minimum Gasteiger partial charge on any atom is -0.488 e. The lowest BCUT2D eigenvalue weighted by Crippen LogP contribution is -2.51.